The summed E-state index contributed by atoms with van der Waals surface area (Å²) in [5.41, 5.74) is 2.70. The van der Waals surface area contributed by atoms with Crippen LogP contribution in [0.15, 0.2) is 64.4 Å². The average Bonchev–Trinajstić information content (AvgIpc) is 3.28. The number of carbonyl (C=O) groups is 1. The van der Waals surface area contributed by atoms with Gasteiger partial charge in [-0.2, -0.15) is 0 Å². The maximum Gasteiger partial charge on any atom is 0.343 e. The zero-order chi connectivity index (χ0) is 25.7. The summed E-state index contributed by atoms with van der Waals surface area (Å²) in [4.78, 5) is 35.1. The van der Waals surface area contributed by atoms with Crippen LogP contribution in [-0.2, 0) is 28.3 Å². The van der Waals surface area contributed by atoms with E-state index in [1.165, 1.54) is 0 Å². The number of methoxy groups -OCH3 is 1. The van der Waals surface area contributed by atoms with Gasteiger partial charge < -0.3 is 24.5 Å². The molecule has 0 fully saturated rings. The van der Waals surface area contributed by atoms with Crippen LogP contribution in [0.4, 0.5) is 11.4 Å². The zero-order valence-electron chi connectivity index (χ0n) is 20.3. The number of hydrogen-bond donors (Lipinski definition) is 2. The lowest BCUT2D eigenvalue weighted by Gasteiger charge is -2.31. The highest BCUT2D eigenvalue weighted by Crippen LogP contribution is 2.41. The van der Waals surface area contributed by atoms with Gasteiger partial charge in [0.2, 0.25) is 0 Å². The molecule has 9 heteroatoms. The molecule has 0 radical (unpaired) electrons. The number of aliphatic imine (C=N–C) groups is 1. The van der Waals surface area contributed by atoms with E-state index in [4.69, 9.17) is 14.5 Å². The van der Waals surface area contributed by atoms with E-state index >= 15 is 0 Å². The topological polar surface area (TPSA) is 115 Å². The van der Waals surface area contributed by atoms with Crippen molar-refractivity contribution in [2.75, 3.05) is 12.4 Å². The van der Waals surface area contributed by atoms with Gasteiger partial charge in [0.15, 0.2) is 11.4 Å². The summed E-state index contributed by atoms with van der Waals surface area (Å²) in [6.07, 6.45) is 1.71. The Balaban J connectivity index is 1.44. The summed E-state index contributed by atoms with van der Waals surface area (Å²) in [5.74, 6) is -0.169. The number of nitrogens with zero attached hydrogens (tertiary/aromatic N) is 3. The molecule has 0 spiro atoms. The molecule has 0 aliphatic carbocycles. The predicted octanol–water partition coefficient (Wildman–Crippen LogP) is 3.86. The third-order valence-electron chi connectivity index (χ3n) is 7.03. The van der Waals surface area contributed by atoms with Crippen molar-refractivity contribution in [3.8, 4) is 17.1 Å². The fourth-order valence-corrected chi connectivity index (χ4v) is 5.04. The number of pyridine rings is 2. The minimum Gasteiger partial charge on any atom is -0.494 e. The lowest BCUT2D eigenvalue weighted by Crippen LogP contribution is -2.44. The van der Waals surface area contributed by atoms with Crippen LogP contribution in [-0.4, -0.2) is 34.1 Å². The lowest BCUT2D eigenvalue weighted by atomic mass is 9.86. The Morgan fingerprint density at radius 2 is 2.03 bits per heavy atom. The van der Waals surface area contributed by atoms with Gasteiger partial charge in [-0.15, -0.1) is 0 Å². The van der Waals surface area contributed by atoms with E-state index in [0.717, 1.165) is 16.6 Å². The number of fused-ring (bicyclic) bond motifs is 5. The van der Waals surface area contributed by atoms with E-state index in [0.29, 0.717) is 46.0 Å². The smallest absolute Gasteiger partial charge is 0.343 e. The number of nitrogens with one attached hydrogen (secondary N) is 1. The highest BCUT2D eigenvalue weighted by Gasteiger charge is 2.45. The Kier molecular flexibility index (Phi) is 5.31. The first kappa shape index (κ1) is 22.9. The molecule has 2 aromatic carbocycles. The minimum absolute atomic E-state index is 0.0966. The molecule has 4 heterocycles. The van der Waals surface area contributed by atoms with Crippen molar-refractivity contribution in [1.29, 1.82) is 0 Å². The predicted molar refractivity (Wildman–Crippen MR) is 139 cm³/mol. The number of rotatable bonds is 5. The van der Waals surface area contributed by atoms with Crippen molar-refractivity contribution in [2.45, 2.75) is 32.1 Å². The Hall–Kier alpha value is -4.50. The first-order valence-electron chi connectivity index (χ1n) is 12.0. The fraction of sp³-hybridized carbons (Fsp3) is 0.214. The van der Waals surface area contributed by atoms with Crippen LogP contribution < -0.4 is 15.6 Å². The van der Waals surface area contributed by atoms with Gasteiger partial charge in [0.1, 0.15) is 12.3 Å². The van der Waals surface area contributed by atoms with Crippen LogP contribution >= 0.6 is 0 Å². The van der Waals surface area contributed by atoms with Gasteiger partial charge in [-0.3, -0.25) is 4.79 Å². The van der Waals surface area contributed by atoms with Crippen LogP contribution in [0, 0.1) is 0 Å². The quantitative estimate of drug-likeness (QED) is 0.216. The average molecular weight is 497 g/mol. The number of carbonyl (C=O) groups excluding carboxylic acids is 1. The molecule has 0 saturated carbocycles. The van der Waals surface area contributed by atoms with Crippen molar-refractivity contribution in [2.24, 2.45) is 4.99 Å². The Morgan fingerprint density at radius 1 is 1.22 bits per heavy atom. The molecule has 0 bridgehead atoms. The van der Waals surface area contributed by atoms with Crippen LogP contribution in [0.1, 0.15) is 30.0 Å². The summed E-state index contributed by atoms with van der Waals surface area (Å²) in [7, 11) is 1.58. The van der Waals surface area contributed by atoms with E-state index in [9.17, 15) is 14.7 Å². The molecule has 0 amide bonds. The summed E-state index contributed by atoms with van der Waals surface area (Å²) in [6, 6.07) is 17.0. The molecular formula is C28H24N4O5. The summed E-state index contributed by atoms with van der Waals surface area (Å²) in [6.45, 7) is 1.83. The minimum atomic E-state index is -1.86. The van der Waals surface area contributed by atoms with E-state index < -0.39 is 11.6 Å². The number of aliphatic hydroxyl groups is 1. The molecule has 2 aliphatic heterocycles. The van der Waals surface area contributed by atoms with Crippen LogP contribution in [0.3, 0.4) is 0 Å². The van der Waals surface area contributed by atoms with Gasteiger partial charge in [0, 0.05) is 22.2 Å². The van der Waals surface area contributed by atoms with Crippen LogP contribution in [0.2, 0.25) is 0 Å². The molecule has 6 rings (SSSR count). The normalized spacial score (nSPS) is 17.9. The third-order valence-corrected chi connectivity index (χ3v) is 7.03. The maximum atomic E-state index is 13.4. The molecule has 0 unspecified atom stereocenters. The summed E-state index contributed by atoms with van der Waals surface area (Å²) < 4.78 is 12.5. The summed E-state index contributed by atoms with van der Waals surface area (Å²) >= 11 is 0. The fourth-order valence-electron chi connectivity index (χ4n) is 5.04. The molecule has 186 valence electrons. The van der Waals surface area contributed by atoms with Gasteiger partial charge >= 0.3 is 5.97 Å². The number of ether oxygens (including phenoxy) is 2. The Morgan fingerprint density at radius 3 is 2.78 bits per heavy atom. The second kappa shape index (κ2) is 8.56. The number of para-hydroxylation sites is 1. The number of hydrogen-bond acceptors (Lipinski definition) is 7. The van der Waals surface area contributed by atoms with E-state index in [-0.39, 0.29) is 18.6 Å². The van der Waals surface area contributed by atoms with Crippen molar-refractivity contribution < 1.29 is 19.4 Å². The van der Waals surface area contributed by atoms with Crippen molar-refractivity contribution in [3.05, 3.63) is 81.6 Å². The second-order valence-corrected chi connectivity index (χ2v) is 9.05. The molecule has 9 nitrogen and oxygen atoms in total. The van der Waals surface area contributed by atoms with Gasteiger partial charge in [0.05, 0.1) is 42.5 Å². The monoisotopic (exact) mass is 496 g/mol. The molecule has 2 aromatic heterocycles. The highest BCUT2D eigenvalue weighted by molar-refractivity contribution is 5.94. The van der Waals surface area contributed by atoms with Gasteiger partial charge in [-0.05, 0) is 42.8 Å². The standard InChI is InChI=1S/C28H24N4O5/c1-3-28(35)20-12-23-24-16(13-32(23)26(33)19(20)14-37-27(28)34)11-18-21(31-24)9-10-22(25(18)36-2)30-15-29-17-7-5-4-6-8-17/h4-12,15,35H,3,13-14H2,1-2H3,(H,29,30)/t28-/m0/s1. The lowest BCUT2D eigenvalue weighted by molar-refractivity contribution is -0.172. The Bertz CT molecular complexity index is 1660. The second-order valence-electron chi connectivity index (χ2n) is 9.05. The van der Waals surface area contributed by atoms with Crippen molar-refractivity contribution in [3.63, 3.8) is 0 Å². The van der Waals surface area contributed by atoms with Gasteiger partial charge in [0.25, 0.3) is 5.56 Å². The third kappa shape index (κ3) is 3.50. The molecule has 37 heavy (non-hydrogen) atoms. The molecule has 0 saturated heterocycles. The van der Waals surface area contributed by atoms with Crippen LogP contribution in [0.5, 0.6) is 5.75 Å². The SMILES string of the molecule is CC[C@@]1(O)C(=O)OCc2c1cc1n(c2=O)Cc2cc3c(OC)c(N=CNc4ccccc4)ccc3nc2-1. The first-order chi connectivity index (χ1) is 17.9. The number of cyclic esters (lactones) is 1. The van der Waals surface area contributed by atoms with E-state index in [2.05, 4.69) is 10.3 Å². The largest absolute Gasteiger partial charge is 0.494 e. The van der Waals surface area contributed by atoms with E-state index in [1.807, 2.05) is 48.5 Å². The zero-order valence-corrected chi connectivity index (χ0v) is 20.3. The number of benzene rings is 2. The highest BCUT2D eigenvalue weighted by atomic mass is 16.6. The van der Waals surface area contributed by atoms with Gasteiger partial charge in [-0.25, -0.2) is 14.8 Å². The van der Waals surface area contributed by atoms with Crippen LogP contribution in [0.25, 0.3) is 22.3 Å². The number of esters is 1. The van der Waals surface area contributed by atoms with E-state index in [1.54, 1.807) is 31.0 Å². The molecule has 2 aliphatic rings. The molecule has 1 atom stereocenters. The first-order valence-corrected chi connectivity index (χ1v) is 12.0. The summed E-state index contributed by atoms with van der Waals surface area (Å²) in [5, 5.41) is 14.9. The maximum absolute atomic E-state index is 13.4. The van der Waals surface area contributed by atoms with Gasteiger partial charge in [-0.1, -0.05) is 25.1 Å². The number of anilines is 1. The van der Waals surface area contributed by atoms with Crippen molar-refractivity contribution >= 4 is 34.6 Å². The molecule has 2 N–H and O–H groups in total. The molecular weight excluding hydrogens is 472 g/mol. The molecule has 4 aromatic rings. The Labute approximate surface area is 212 Å². The number of aromatic nitrogens is 2. The van der Waals surface area contributed by atoms with Crippen molar-refractivity contribution in [1.82, 2.24) is 9.55 Å².